The van der Waals surface area contributed by atoms with Crippen LogP contribution in [0.3, 0.4) is 0 Å². The minimum Gasteiger partial charge on any atom is -0.336 e. The average molecular weight is 453 g/mol. The minimum atomic E-state index is -4.59. The van der Waals surface area contributed by atoms with Gasteiger partial charge in [-0.1, -0.05) is 12.1 Å². The summed E-state index contributed by atoms with van der Waals surface area (Å²) in [5.74, 6) is -0.248. The second-order valence-electron chi connectivity index (χ2n) is 7.80. The van der Waals surface area contributed by atoms with Crippen molar-refractivity contribution in [3.05, 3.63) is 59.7 Å². The van der Waals surface area contributed by atoms with Crippen LogP contribution in [0, 0.1) is 0 Å². The third-order valence-electron chi connectivity index (χ3n) is 5.71. The van der Waals surface area contributed by atoms with Crippen LogP contribution in [0.2, 0.25) is 0 Å². The summed E-state index contributed by atoms with van der Waals surface area (Å²) in [6, 6.07) is 9.88. The molecule has 0 radical (unpaired) electrons. The number of sulfonamides is 1. The lowest BCUT2D eigenvalue weighted by Crippen LogP contribution is -2.52. The van der Waals surface area contributed by atoms with Crippen molar-refractivity contribution in [1.82, 2.24) is 9.80 Å². The van der Waals surface area contributed by atoms with Crippen molar-refractivity contribution in [1.29, 1.82) is 0 Å². The molecule has 2 saturated heterocycles. The first kappa shape index (κ1) is 21.6. The number of benzene rings is 2. The van der Waals surface area contributed by atoms with Gasteiger partial charge in [0.25, 0.3) is 15.9 Å². The van der Waals surface area contributed by atoms with E-state index in [-0.39, 0.29) is 22.1 Å². The largest absolute Gasteiger partial charge is 0.416 e. The molecule has 0 saturated carbocycles. The number of hydrogen-bond acceptors (Lipinski definition) is 4. The predicted octanol–water partition coefficient (Wildman–Crippen LogP) is 3.43. The number of hydrogen-bond donors (Lipinski definition) is 1. The smallest absolute Gasteiger partial charge is 0.336 e. The summed E-state index contributed by atoms with van der Waals surface area (Å²) >= 11 is 0. The molecule has 2 aromatic carbocycles. The normalized spacial score (nSPS) is 19.8. The summed E-state index contributed by atoms with van der Waals surface area (Å²) in [7, 11) is -4.17. The van der Waals surface area contributed by atoms with Crippen LogP contribution in [-0.4, -0.2) is 56.3 Å². The van der Waals surface area contributed by atoms with Crippen LogP contribution < -0.4 is 4.72 Å². The number of alkyl halides is 3. The molecular weight excluding hydrogens is 431 g/mol. The van der Waals surface area contributed by atoms with Gasteiger partial charge in [0.1, 0.15) is 0 Å². The second kappa shape index (κ2) is 8.16. The molecule has 2 fully saturated rings. The number of piperazine rings is 1. The Balaban J connectivity index is 1.52. The van der Waals surface area contributed by atoms with Gasteiger partial charge in [0, 0.05) is 36.9 Å². The molecule has 0 aliphatic carbocycles. The summed E-state index contributed by atoms with van der Waals surface area (Å²) in [5, 5.41) is 0. The summed E-state index contributed by atoms with van der Waals surface area (Å²) in [5.41, 5.74) is -0.926. The summed E-state index contributed by atoms with van der Waals surface area (Å²) < 4.78 is 66.3. The minimum absolute atomic E-state index is 0.185. The monoisotopic (exact) mass is 453 g/mol. The van der Waals surface area contributed by atoms with Gasteiger partial charge >= 0.3 is 6.18 Å². The van der Waals surface area contributed by atoms with Crippen LogP contribution in [0.4, 0.5) is 18.9 Å². The van der Waals surface area contributed by atoms with Crippen molar-refractivity contribution in [3.63, 3.8) is 0 Å². The lowest BCUT2D eigenvalue weighted by atomic mass is 10.1. The Morgan fingerprint density at radius 3 is 2.58 bits per heavy atom. The molecule has 10 heteroatoms. The van der Waals surface area contributed by atoms with Crippen LogP contribution in [0.5, 0.6) is 0 Å². The van der Waals surface area contributed by atoms with E-state index in [0.29, 0.717) is 19.1 Å². The van der Waals surface area contributed by atoms with E-state index < -0.39 is 21.8 Å². The number of rotatable bonds is 4. The molecular formula is C21H22F3N3O3S. The van der Waals surface area contributed by atoms with E-state index in [1.807, 2.05) is 0 Å². The number of anilines is 1. The number of carbonyl (C=O) groups is 1. The van der Waals surface area contributed by atoms with Crippen molar-refractivity contribution < 1.29 is 26.4 Å². The van der Waals surface area contributed by atoms with E-state index in [0.717, 1.165) is 44.1 Å². The Hall–Kier alpha value is -2.59. The molecule has 1 amide bonds. The zero-order chi connectivity index (χ0) is 22.2. The Labute approximate surface area is 178 Å². The van der Waals surface area contributed by atoms with E-state index in [2.05, 4.69) is 9.62 Å². The number of fused-ring (bicyclic) bond motifs is 1. The molecule has 1 N–H and O–H groups in total. The van der Waals surface area contributed by atoms with E-state index in [1.165, 1.54) is 24.3 Å². The van der Waals surface area contributed by atoms with Gasteiger partial charge in [-0.3, -0.25) is 14.4 Å². The third-order valence-corrected chi connectivity index (χ3v) is 7.09. The first-order valence-corrected chi connectivity index (χ1v) is 11.5. The standard InChI is InChI=1S/C21H22F3N3O3S/c22-21(23,24)16-5-2-6-17(13-16)25-31(29,30)19-8-1-4-15(12-19)20(28)27-11-10-26-9-3-7-18(26)14-27/h1-2,4-6,8,12-13,18,25H,3,7,9-11,14H2/t18-/m0/s1. The number of amides is 1. The summed E-state index contributed by atoms with van der Waals surface area (Å²) in [6.45, 7) is 3.03. The fourth-order valence-corrected chi connectivity index (χ4v) is 5.22. The number of carbonyl (C=O) groups excluding carboxylic acids is 1. The van der Waals surface area contributed by atoms with E-state index in [9.17, 15) is 26.4 Å². The molecule has 2 aliphatic rings. The third kappa shape index (κ3) is 4.69. The maximum atomic E-state index is 12.9. The van der Waals surface area contributed by atoms with E-state index in [1.54, 1.807) is 11.0 Å². The van der Waals surface area contributed by atoms with Gasteiger partial charge in [0.2, 0.25) is 0 Å². The Kier molecular flexibility index (Phi) is 5.69. The molecule has 0 unspecified atom stereocenters. The SMILES string of the molecule is O=C(c1cccc(S(=O)(=O)Nc2cccc(C(F)(F)F)c2)c1)N1CCN2CCC[C@H]2C1. The lowest BCUT2D eigenvalue weighted by Gasteiger charge is -2.37. The van der Waals surface area contributed by atoms with Crippen molar-refractivity contribution >= 4 is 21.6 Å². The molecule has 2 heterocycles. The van der Waals surface area contributed by atoms with Crippen molar-refractivity contribution in [2.24, 2.45) is 0 Å². The van der Waals surface area contributed by atoms with Crippen molar-refractivity contribution in [3.8, 4) is 0 Å². The highest BCUT2D eigenvalue weighted by molar-refractivity contribution is 7.92. The first-order valence-electron chi connectivity index (χ1n) is 9.97. The van der Waals surface area contributed by atoms with E-state index >= 15 is 0 Å². The maximum absolute atomic E-state index is 12.9. The summed E-state index contributed by atoms with van der Waals surface area (Å²) in [4.78, 5) is 16.9. The fraction of sp³-hybridized carbons (Fsp3) is 0.381. The molecule has 2 aliphatic heterocycles. The fourth-order valence-electron chi connectivity index (χ4n) is 4.13. The molecule has 0 aromatic heterocycles. The van der Waals surface area contributed by atoms with Gasteiger partial charge in [0.15, 0.2) is 0 Å². The molecule has 1 atom stereocenters. The van der Waals surface area contributed by atoms with Crippen LogP contribution in [0.25, 0.3) is 0 Å². The molecule has 6 nitrogen and oxygen atoms in total. The molecule has 166 valence electrons. The van der Waals surface area contributed by atoms with Crippen molar-refractivity contribution in [2.75, 3.05) is 30.9 Å². The highest BCUT2D eigenvalue weighted by atomic mass is 32.2. The van der Waals surface area contributed by atoms with Crippen LogP contribution >= 0.6 is 0 Å². The van der Waals surface area contributed by atoms with Crippen LogP contribution in [0.1, 0.15) is 28.8 Å². The van der Waals surface area contributed by atoms with Gasteiger partial charge in [0.05, 0.1) is 10.5 Å². The average Bonchev–Trinajstić information content (AvgIpc) is 3.20. The van der Waals surface area contributed by atoms with Gasteiger partial charge < -0.3 is 4.90 Å². The van der Waals surface area contributed by atoms with Gasteiger partial charge in [-0.25, -0.2) is 8.42 Å². The topological polar surface area (TPSA) is 69.7 Å². The first-order chi connectivity index (χ1) is 14.6. The number of halogens is 3. The Morgan fingerprint density at radius 1 is 1.03 bits per heavy atom. The molecule has 31 heavy (non-hydrogen) atoms. The Morgan fingerprint density at radius 2 is 1.81 bits per heavy atom. The van der Waals surface area contributed by atoms with E-state index in [4.69, 9.17) is 0 Å². The number of nitrogens with one attached hydrogen (secondary N) is 1. The zero-order valence-corrected chi connectivity index (χ0v) is 17.4. The zero-order valence-electron chi connectivity index (χ0n) is 16.6. The lowest BCUT2D eigenvalue weighted by molar-refractivity contribution is -0.137. The van der Waals surface area contributed by atoms with Gasteiger partial charge in [-0.05, 0) is 55.8 Å². The quantitative estimate of drug-likeness (QED) is 0.770. The van der Waals surface area contributed by atoms with Gasteiger partial charge in [-0.15, -0.1) is 0 Å². The Bertz CT molecular complexity index is 1090. The molecule has 0 spiro atoms. The van der Waals surface area contributed by atoms with Gasteiger partial charge in [-0.2, -0.15) is 13.2 Å². The molecule has 4 rings (SSSR count). The van der Waals surface area contributed by atoms with Crippen LogP contribution in [0.15, 0.2) is 53.4 Å². The second-order valence-corrected chi connectivity index (χ2v) is 9.48. The van der Waals surface area contributed by atoms with Crippen LogP contribution in [-0.2, 0) is 16.2 Å². The maximum Gasteiger partial charge on any atom is 0.416 e. The molecule has 0 bridgehead atoms. The summed E-state index contributed by atoms with van der Waals surface area (Å²) in [6.07, 6.45) is -2.43. The highest BCUT2D eigenvalue weighted by Gasteiger charge is 2.33. The number of nitrogens with zero attached hydrogens (tertiary/aromatic N) is 2. The molecule has 2 aromatic rings. The predicted molar refractivity (Wildman–Crippen MR) is 109 cm³/mol. The highest BCUT2D eigenvalue weighted by Crippen LogP contribution is 2.31. The van der Waals surface area contributed by atoms with Crippen molar-refractivity contribution in [2.45, 2.75) is 30.0 Å².